The first-order valence-electron chi connectivity index (χ1n) is 6.22. The summed E-state index contributed by atoms with van der Waals surface area (Å²) in [5.74, 6) is -2.59. The van der Waals surface area contributed by atoms with Crippen LogP contribution in [0.1, 0.15) is 12.0 Å². The van der Waals surface area contributed by atoms with Gasteiger partial charge < -0.3 is 10.6 Å². The number of nitrogens with one attached hydrogen (secondary N) is 1. The summed E-state index contributed by atoms with van der Waals surface area (Å²) < 4.78 is 53.8. The molecule has 1 aromatic carbocycles. The van der Waals surface area contributed by atoms with Gasteiger partial charge in [-0.2, -0.15) is 0 Å². The maximum Gasteiger partial charge on any atom is 0.243 e. The van der Waals surface area contributed by atoms with Gasteiger partial charge in [0, 0.05) is 19.1 Å². The molecule has 112 valence electrons. The molecule has 1 aliphatic heterocycles. The lowest BCUT2D eigenvalue weighted by Crippen LogP contribution is -2.37. The van der Waals surface area contributed by atoms with E-state index in [1.54, 1.807) is 0 Å². The average molecular weight is 305 g/mol. The molecule has 0 spiro atoms. The van der Waals surface area contributed by atoms with E-state index in [2.05, 4.69) is 4.72 Å². The second kappa shape index (κ2) is 5.72. The molecule has 3 N–H and O–H groups in total. The molecule has 2 rings (SSSR count). The summed E-state index contributed by atoms with van der Waals surface area (Å²) in [6.07, 6.45) is 0.635. The third-order valence-electron chi connectivity index (χ3n) is 3.29. The molecule has 0 saturated carbocycles. The molecule has 1 aliphatic rings. The van der Waals surface area contributed by atoms with E-state index in [1.165, 1.54) is 0 Å². The van der Waals surface area contributed by atoms with Crippen LogP contribution in [0.3, 0.4) is 0 Å². The maximum atomic E-state index is 13.7. The number of sulfonamides is 1. The highest BCUT2D eigenvalue weighted by Crippen LogP contribution is 2.21. The minimum Gasteiger partial charge on any atom is -0.326 e. The van der Waals surface area contributed by atoms with E-state index in [0.717, 1.165) is 18.7 Å². The Morgan fingerprint density at radius 2 is 2.15 bits per heavy atom. The zero-order valence-electron chi connectivity index (χ0n) is 11.1. The summed E-state index contributed by atoms with van der Waals surface area (Å²) in [7, 11) is -2.24. The number of nitrogens with zero attached hydrogens (tertiary/aromatic N) is 1. The van der Waals surface area contributed by atoms with E-state index in [-0.39, 0.29) is 18.2 Å². The van der Waals surface area contributed by atoms with Crippen molar-refractivity contribution in [2.45, 2.75) is 23.9 Å². The van der Waals surface area contributed by atoms with Gasteiger partial charge in [0.2, 0.25) is 10.0 Å². The van der Waals surface area contributed by atoms with E-state index in [0.29, 0.717) is 13.0 Å². The van der Waals surface area contributed by atoms with E-state index >= 15 is 0 Å². The number of halogens is 2. The number of benzene rings is 1. The SMILES string of the molecule is CN1CCC(NS(=O)(=O)c2cc(CN)cc(F)c2F)C1. The number of rotatable bonds is 4. The van der Waals surface area contributed by atoms with Gasteiger partial charge in [0.15, 0.2) is 11.6 Å². The molecule has 0 bridgehead atoms. The smallest absolute Gasteiger partial charge is 0.243 e. The second-order valence-electron chi connectivity index (χ2n) is 4.96. The molecule has 0 aromatic heterocycles. The Balaban J connectivity index is 2.31. The van der Waals surface area contributed by atoms with Crippen molar-refractivity contribution in [1.82, 2.24) is 9.62 Å². The first-order valence-corrected chi connectivity index (χ1v) is 7.70. The van der Waals surface area contributed by atoms with Crippen molar-refractivity contribution in [3.05, 3.63) is 29.3 Å². The lowest BCUT2D eigenvalue weighted by Gasteiger charge is -2.14. The lowest BCUT2D eigenvalue weighted by molar-refractivity contribution is 0.406. The first-order chi connectivity index (χ1) is 9.33. The molecular weight excluding hydrogens is 288 g/mol. The van der Waals surface area contributed by atoms with Crippen molar-refractivity contribution in [2.75, 3.05) is 20.1 Å². The van der Waals surface area contributed by atoms with Crippen LogP contribution in [0, 0.1) is 11.6 Å². The summed E-state index contributed by atoms with van der Waals surface area (Å²) in [4.78, 5) is 1.27. The molecule has 1 aromatic rings. The van der Waals surface area contributed by atoms with Crippen LogP contribution in [0.4, 0.5) is 8.78 Å². The molecule has 1 atom stereocenters. The molecule has 0 radical (unpaired) electrons. The van der Waals surface area contributed by atoms with Crippen molar-refractivity contribution in [2.24, 2.45) is 5.73 Å². The van der Waals surface area contributed by atoms with Gasteiger partial charge in [-0.25, -0.2) is 21.9 Å². The largest absolute Gasteiger partial charge is 0.326 e. The number of nitrogens with two attached hydrogens (primary N) is 1. The predicted molar refractivity (Wildman–Crippen MR) is 70.5 cm³/mol. The predicted octanol–water partition coefficient (Wildman–Crippen LogP) is 0.406. The van der Waals surface area contributed by atoms with Gasteiger partial charge in [-0.05, 0) is 37.7 Å². The Morgan fingerprint density at radius 3 is 2.70 bits per heavy atom. The number of hydrogen-bond acceptors (Lipinski definition) is 4. The lowest BCUT2D eigenvalue weighted by atomic mass is 10.2. The molecule has 0 aliphatic carbocycles. The van der Waals surface area contributed by atoms with Crippen molar-refractivity contribution in [3.8, 4) is 0 Å². The highest BCUT2D eigenvalue weighted by atomic mass is 32.2. The van der Waals surface area contributed by atoms with Crippen molar-refractivity contribution < 1.29 is 17.2 Å². The Kier molecular flexibility index (Phi) is 4.38. The number of hydrogen-bond donors (Lipinski definition) is 2. The fourth-order valence-corrected chi connectivity index (χ4v) is 3.64. The van der Waals surface area contributed by atoms with Crippen molar-refractivity contribution >= 4 is 10.0 Å². The van der Waals surface area contributed by atoms with Crippen LogP contribution >= 0.6 is 0 Å². The normalized spacial score (nSPS) is 20.5. The summed E-state index contributed by atoms with van der Waals surface area (Å²) in [6, 6.07) is 1.67. The van der Waals surface area contributed by atoms with E-state index < -0.39 is 26.6 Å². The van der Waals surface area contributed by atoms with Crippen LogP contribution in [-0.4, -0.2) is 39.5 Å². The summed E-state index contributed by atoms with van der Waals surface area (Å²) in [6.45, 7) is 1.23. The monoisotopic (exact) mass is 305 g/mol. The average Bonchev–Trinajstić information content (AvgIpc) is 2.76. The Hall–Kier alpha value is -1.09. The van der Waals surface area contributed by atoms with E-state index in [4.69, 9.17) is 5.73 Å². The number of likely N-dealkylation sites (N-methyl/N-ethyl adjacent to an activating group) is 1. The van der Waals surface area contributed by atoms with Crippen LogP contribution in [-0.2, 0) is 16.6 Å². The Labute approximate surface area is 116 Å². The first kappa shape index (κ1) is 15.3. The quantitative estimate of drug-likeness (QED) is 0.845. The van der Waals surface area contributed by atoms with Gasteiger partial charge in [-0.15, -0.1) is 0 Å². The molecule has 0 amide bonds. The van der Waals surface area contributed by atoms with Gasteiger partial charge in [0.25, 0.3) is 0 Å². The molecule has 1 fully saturated rings. The third-order valence-corrected chi connectivity index (χ3v) is 4.81. The van der Waals surface area contributed by atoms with Gasteiger partial charge in [0.1, 0.15) is 4.90 Å². The Bertz CT molecular complexity index is 607. The molecule has 5 nitrogen and oxygen atoms in total. The minimum absolute atomic E-state index is 0.0636. The molecule has 1 saturated heterocycles. The summed E-state index contributed by atoms with van der Waals surface area (Å²) >= 11 is 0. The second-order valence-corrected chi connectivity index (χ2v) is 6.65. The maximum absolute atomic E-state index is 13.7. The number of likely N-dealkylation sites (tertiary alicyclic amines) is 1. The minimum atomic E-state index is -4.10. The van der Waals surface area contributed by atoms with Crippen LogP contribution in [0.5, 0.6) is 0 Å². The van der Waals surface area contributed by atoms with Crippen LogP contribution in [0.25, 0.3) is 0 Å². The molecule has 1 heterocycles. The van der Waals surface area contributed by atoms with Crippen LogP contribution in [0.2, 0.25) is 0 Å². The highest BCUT2D eigenvalue weighted by Gasteiger charge is 2.28. The summed E-state index contributed by atoms with van der Waals surface area (Å²) in [5, 5.41) is 0. The molecular formula is C12H17F2N3O2S. The summed E-state index contributed by atoms with van der Waals surface area (Å²) in [5.41, 5.74) is 5.58. The standard InChI is InChI=1S/C12H17F2N3O2S/c1-17-3-2-9(7-17)16-20(18,19)11-5-8(6-15)4-10(13)12(11)14/h4-5,9,16H,2-3,6-7,15H2,1H3. The Morgan fingerprint density at radius 1 is 1.45 bits per heavy atom. The third kappa shape index (κ3) is 3.14. The molecule has 1 unspecified atom stereocenters. The zero-order valence-corrected chi connectivity index (χ0v) is 11.9. The van der Waals surface area contributed by atoms with Gasteiger partial charge in [-0.3, -0.25) is 0 Å². The topological polar surface area (TPSA) is 75.4 Å². The van der Waals surface area contributed by atoms with E-state index in [9.17, 15) is 17.2 Å². The van der Waals surface area contributed by atoms with Crippen molar-refractivity contribution in [3.63, 3.8) is 0 Å². The van der Waals surface area contributed by atoms with Gasteiger partial charge >= 0.3 is 0 Å². The zero-order chi connectivity index (χ0) is 14.9. The van der Waals surface area contributed by atoms with Gasteiger partial charge in [-0.1, -0.05) is 0 Å². The molecule has 20 heavy (non-hydrogen) atoms. The van der Waals surface area contributed by atoms with Crippen molar-refractivity contribution in [1.29, 1.82) is 0 Å². The van der Waals surface area contributed by atoms with Crippen LogP contribution < -0.4 is 10.5 Å². The van der Waals surface area contributed by atoms with E-state index in [1.807, 2.05) is 11.9 Å². The van der Waals surface area contributed by atoms with Gasteiger partial charge in [0.05, 0.1) is 0 Å². The molecule has 8 heteroatoms. The highest BCUT2D eigenvalue weighted by molar-refractivity contribution is 7.89. The fraction of sp³-hybridized carbons (Fsp3) is 0.500. The fourth-order valence-electron chi connectivity index (χ4n) is 2.24. The van der Waals surface area contributed by atoms with Crippen LogP contribution in [0.15, 0.2) is 17.0 Å².